The molecule has 0 aliphatic carbocycles. The Kier molecular flexibility index (Phi) is 5.36. The molecule has 0 fully saturated rings. The quantitative estimate of drug-likeness (QED) is 0.597. The van der Waals surface area contributed by atoms with Crippen LogP contribution < -0.4 is 0 Å². The predicted octanol–water partition coefficient (Wildman–Crippen LogP) is -0.431. The second-order valence-electron chi connectivity index (χ2n) is 2.95. The standard InChI is InChI=1S/C9H15NO5/c1-6(11)10(2)7(9(13)15-4)5-8(12)14-3/h7H,5H2,1-4H3. The molecule has 0 N–H and O–H groups in total. The van der Waals surface area contributed by atoms with Crippen molar-refractivity contribution < 1.29 is 23.9 Å². The summed E-state index contributed by atoms with van der Waals surface area (Å²) in [6.07, 6.45) is -0.209. The molecule has 0 saturated heterocycles. The fourth-order valence-electron chi connectivity index (χ4n) is 0.975. The van der Waals surface area contributed by atoms with Crippen molar-refractivity contribution in [3.05, 3.63) is 0 Å². The van der Waals surface area contributed by atoms with E-state index in [9.17, 15) is 14.4 Å². The highest BCUT2D eigenvalue weighted by atomic mass is 16.5. The molecule has 0 heterocycles. The van der Waals surface area contributed by atoms with E-state index in [1.54, 1.807) is 0 Å². The normalized spacial score (nSPS) is 11.5. The van der Waals surface area contributed by atoms with Crippen LogP contribution in [0.4, 0.5) is 0 Å². The maximum atomic E-state index is 11.3. The molecule has 0 bridgehead atoms. The Bertz CT molecular complexity index is 263. The van der Waals surface area contributed by atoms with Gasteiger partial charge in [0.25, 0.3) is 0 Å². The third-order valence-electron chi connectivity index (χ3n) is 2.03. The van der Waals surface area contributed by atoms with E-state index >= 15 is 0 Å². The van der Waals surface area contributed by atoms with Gasteiger partial charge in [0.15, 0.2) is 0 Å². The number of hydrogen-bond donors (Lipinski definition) is 0. The molecule has 86 valence electrons. The maximum absolute atomic E-state index is 11.3. The van der Waals surface area contributed by atoms with E-state index in [1.807, 2.05) is 0 Å². The van der Waals surface area contributed by atoms with Gasteiger partial charge in [-0.1, -0.05) is 0 Å². The highest BCUT2D eigenvalue weighted by molar-refractivity contribution is 5.87. The molecular weight excluding hydrogens is 202 g/mol. The topological polar surface area (TPSA) is 72.9 Å². The van der Waals surface area contributed by atoms with Crippen LogP contribution in [-0.4, -0.2) is 50.1 Å². The van der Waals surface area contributed by atoms with Crippen LogP contribution in [0.2, 0.25) is 0 Å². The van der Waals surface area contributed by atoms with Crippen molar-refractivity contribution in [3.8, 4) is 0 Å². The van der Waals surface area contributed by atoms with Crippen molar-refractivity contribution in [2.75, 3.05) is 21.3 Å². The second-order valence-corrected chi connectivity index (χ2v) is 2.95. The summed E-state index contributed by atoms with van der Waals surface area (Å²) in [4.78, 5) is 34.5. The number of ether oxygens (including phenoxy) is 2. The molecule has 0 aliphatic heterocycles. The molecule has 0 aromatic rings. The second kappa shape index (κ2) is 6.00. The number of nitrogens with zero attached hydrogens (tertiary/aromatic N) is 1. The Balaban J connectivity index is 4.65. The van der Waals surface area contributed by atoms with E-state index in [-0.39, 0.29) is 12.3 Å². The molecule has 0 spiro atoms. The number of carbonyl (C=O) groups excluding carboxylic acids is 3. The first-order valence-electron chi connectivity index (χ1n) is 4.32. The molecule has 1 unspecified atom stereocenters. The lowest BCUT2D eigenvalue weighted by Gasteiger charge is -2.23. The van der Waals surface area contributed by atoms with Crippen LogP contribution in [0.15, 0.2) is 0 Å². The molecule has 0 aliphatic rings. The molecule has 1 atom stereocenters. The van der Waals surface area contributed by atoms with Crippen LogP contribution in [0.1, 0.15) is 13.3 Å². The Labute approximate surface area is 88.1 Å². The number of likely N-dealkylation sites (N-methyl/N-ethyl adjacent to an activating group) is 1. The molecule has 0 aromatic heterocycles. The van der Waals surface area contributed by atoms with Gasteiger partial charge in [-0.25, -0.2) is 4.79 Å². The van der Waals surface area contributed by atoms with Gasteiger partial charge in [-0.2, -0.15) is 0 Å². The Morgan fingerprint density at radius 1 is 1.20 bits per heavy atom. The number of rotatable bonds is 4. The highest BCUT2D eigenvalue weighted by Gasteiger charge is 2.28. The largest absolute Gasteiger partial charge is 0.469 e. The van der Waals surface area contributed by atoms with Crippen LogP contribution in [0.25, 0.3) is 0 Å². The first-order valence-corrected chi connectivity index (χ1v) is 4.32. The Morgan fingerprint density at radius 2 is 1.73 bits per heavy atom. The van der Waals surface area contributed by atoms with Crippen molar-refractivity contribution in [3.63, 3.8) is 0 Å². The van der Waals surface area contributed by atoms with E-state index in [0.29, 0.717) is 0 Å². The van der Waals surface area contributed by atoms with Crippen molar-refractivity contribution >= 4 is 17.8 Å². The summed E-state index contributed by atoms with van der Waals surface area (Å²) < 4.78 is 8.91. The minimum atomic E-state index is -0.931. The zero-order chi connectivity index (χ0) is 12.0. The number of esters is 2. The van der Waals surface area contributed by atoms with Gasteiger partial charge in [0, 0.05) is 14.0 Å². The highest BCUT2D eigenvalue weighted by Crippen LogP contribution is 2.06. The predicted molar refractivity (Wildman–Crippen MR) is 50.9 cm³/mol. The zero-order valence-corrected chi connectivity index (χ0v) is 9.27. The fourth-order valence-corrected chi connectivity index (χ4v) is 0.975. The van der Waals surface area contributed by atoms with Gasteiger partial charge in [0.2, 0.25) is 5.91 Å². The van der Waals surface area contributed by atoms with Gasteiger partial charge in [-0.15, -0.1) is 0 Å². The number of carbonyl (C=O) groups is 3. The van der Waals surface area contributed by atoms with Gasteiger partial charge in [-0.3, -0.25) is 9.59 Å². The SMILES string of the molecule is COC(=O)CC(C(=O)OC)N(C)C(C)=O. The summed E-state index contributed by atoms with van der Waals surface area (Å²) in [5.74, 6) is -1.54. The molecule has 6 nitrogen and oxygen atoms in total. The molecular formula is C9H15NO5. The van der Waals surface area contributed by atoms with Crippen LogP contribution in [-0.2, 0) is 23.9 Å². The average Bonchev–Trinajstić information content (AvgIpc) is 2.23. The molecule has 0 rings (SSSR count). The van der Waals surface area contributed by atoms with Crippen LogP contribution in [0.5, 0.6) is 0 Å². The van der Waals surface area contributed by atoms with E-state index in [4.69, 9.17) is 0 Å². The number of hydrogen-bond acceptors (Lipinski definition) is 5. The van der Waals surface area contributed by atoms with Gasteiger partial charge >= 0.3 is 11.9 Å². The zero-order valence-electron chi connectivity index (χ0n) is 9.27. The minimum absolute atomic E-state index is 0.209. The van der Waals surface area contributed by atoms with E-state index in [0.717, 1.165) is 4.90 Å². The van der Waals surface area contributed by atoms with E-state index < -0.39 is 18.0 Å². The molecule has 0 radical (unpaired) electrons. The minimum Gasteiger partial charge on any atom is -0.469 e. The van der Waals surface area contributed by atoms with Crippen molar-refractivity contribution in [2.24, 2.45) is 0 Å². The Hall–Kier alpha value is -1.59. The molecule has 0 aromatic carbocycles. The van der Waals surface area contributed by atoms with Gasteiger partial charge in [0.05, 0.1) is 20.6 Å². The Morgan fingerprint density at radius 3 is 2.07 bits per heavy atom. The average molecular weight is 217 g/mol. The maximum Gasteiger partial charge on any atom is 0.329 e. The van der Waals surface area contributed by atoms with Crippen LogP contribution in [0.3, 0.4) is 0 Å². The van der Waals surface area contributed by atoms with E-state index in [2.05, 4.69) is 9.47 Å². The third kappa shape index (κ3) is 3.97. The smallest absolute Gasteiger partial charge is 0.329 e. The van der Waals surface area contributed by atoms with Gasteiger partial charge in [0.1, 0.15) is 6.04 Å². The summed E-state index contributed by atoms with van der Waals surface area (Å²) in [7, 11) is 3.83. The monoisotopic (exact) mass is 217 g/mol. The van der Waals surface area contributed by atoms with Crippen LogP contribution >= 0.6 is 0 Å². The molecule has 6 heteroatoms. The molecule has 1 amide bonds. The summed E-state index contributed by atoms with van der Waals surface area (Å²) in [5.41, 5.74) is 0. The molecule has 0 saturated carbocycles. The third-order valence-corrected chi connectivity index (χ3v) is 2.03. The molecule has 15 heavy (non-hydrogen) atoms. The summed E-state index contributed by atoms with van der Waals surface area (Å²) >= 11 is 0. The number of methoxy groups -OCH3 is 2. The van der Waals surface area contributed by atoms with Crippen molar-refractivity contribution in [1.82, 2.24) is 4.90 Å². The summed E-state index contributed by atoms with van der Waals surface area (Å²) in [5, 5.41) is 0. The summed E-state index contributed by atoms with van der Waals surface area (Å²) in [6.45, 7) is 1.30. The first kappa shape index (κ1) is 13.4. The first-order chi connectivity index (χ1) is 6.93. The lowest BCUT2D eigenvalue weighted by atomic mass is 10.2. The van der Waals surface area contributed by atoms with Gasteiger partial charge < -0.3 is 14.4 Å². The van der Waals surface area contributed by atoms with Crippen molar-refractivity contribution in [1.29, 1.82) is 0 Å². The van der Waals surface area contributed by atoms with Crippen LogP contribution in [0, 0.1) is 0 Å². The van der Waals surface area contributed by atoms with E-state index in [1.165, 1.54) is 28.2 Å². The lowest BCUT2D eigenvalue weighted by molar-refractivity contribution is -0.156. The lowest BCUT2D eigenvalue weighted by Crippen LogP contribution is -2.43. The summed E-state index contributed by atoms with van der Waals surface area (Å²) in [6, 6.07) is -0.931. The fraction of sp³-hybridized carbons (Fsp3) is 0.667. The number of amides is 1. The van der Waals surface area contributed by atoms with Gasteiger partial charge in [-0.05, 0) is 0 Å². The van der Waals surface area contributed by atoms with Crippen molar-refractivity contribution in [2.45, 2.75) is 19.4 Å².